The summed E-state index contributed by atoms with van der Waals surface area (Å²) in [4.78, 5) is 13.6. The van der Waals surface area contributed by atoms with Gasteiger partial charge in [-0.2, -0.15) is 0 Å². The molecular weight excluding hydrogens is 293 g/mol. The zero-order chi connectivity index (χ0) is 16.1. The van der Waals surface area contributed by atoms with Gasteiger partial charge in [0.1, 0.15) is 18.3 Å². The fourth-order valence-electron chi connectivity index (χ4n) is 2.73. The molecule has 1 N–H and O–H groups in total. The van der Waals surface area contributed by atoms with E-state index < -0.39 is 24.0 Å². The molecule has 3 nitrogen and oxygen atoms in total. The highest BCUT2D eigenvalue weighted by Gasteiger charge is 2.30. The van der Waals surface area contributed by atoms with E-state index in [2.05, 4.69) is 11.9 Å². The first kappa shape index (κ1) is 16.4. The fourth-order valence-corrected chi connectivity index (χ4v) is 2.73. The van der Waals surface area contributed by atoms with Crippen molar-refractivity contribution in [2.45, 2.75) is 19.3 Å². The predicted octanol–water partition coefficient (Wildman–Crippen LogP) is 3.29. The molecule has 1 aliphatic heterocycles. The Kier molecular flexibility index (Phi) is 5.46. The van der Waals surface area contributed by atoms with Crippen LogP contribution in [0.1, 0.15) is 19.3 Å². The minimum absolute atomic E-state index is 0.229. The fraction of sp³-hybridized carbons (Fsp3) is 0.438. The maximum Gasteiger partial charge on any atom is 0.245 e. The lowest BCUT2D eigenvalue weighted by Gasteiger charge is -2.16. The molecule has 2 aliphatic rings. The quantitative estimate of drug-likeness (QED) is 0.763. The van der Waals surface area contributed by atoms with E-state index >= 15 is 0 Å². The SMILES string of the molecule is C=C/C(F)=C\C(F)=C(/CF)NCC(=O)N1C=C2CCCC2C1. The van der Waals surface area contributed by atoms with E-state index in [0.29, 0.717) is 18.5 Å². The first-order valence-electron chi connectivity index (χ1n) is 7.23. The Morgan fingerprint density at radius 1 is 1.50 bits per heavy atom. The molecule has 1 saturated carbocycles. The molecule has 1 heterocycles. The molecule has 120 valence electrons. The zero-order valence-electron chi connectivity index (χ0n) is 12.2. The molecule has 1 atom stereocenters. The van der Waals surface area contributed by atoms with Crippen molar-refractivity contribution in [3.05, 3.63) is 47.9 Å². The number of carbonyl (C=O) groups is 1. The van der Waals surface area contributed by atoms with E-state index in [0.717, 1.165) is 25.3 Å². The molecular formula is C16H19F3N2O. The minimum atomic E-state index is -1.15. The van der Waals surface area contributed by atoms with Crippen molar-refractivity contribution < 1.29 is 18.0 Å². The lowest BCUT2D eigenvalue weighted by molar-refractivity contribution is -0.127. The third-order valence-corrected chi connectivity index (χ3v) is 3.94. The van der Waals surface area contributed by atoms with E-state index in [1.807, 2.05) is 6.20 Å². The summed E-state index contributed by atoms with van der Waals surface area (Å²) in [5, 5.41) is 2.40. The van der Waals surface area contributed by atoms with E-state index in [1.54, 1.807) is 4.90 Å². The van der Waals surface area contributed by atoms with Crippen LogP contribution in [0.2, 0.25) is 0 Å². The van der Waals surface area contributed by atoms with Crippen LogP contribution < -0.4 is 5.32 Å². The Morgan fingerprint density at radius 2 is 2.27 bits per heavy atom. The summed E-state index contributed by atoms with van der Waals surface area (Å²) in [7, 11) is 0. The number of carbonyl (C=O) groups excluding carboxylic acids is 1. The highest BCUT2D eigenvalue weighted by atomic mass is 19.1. The van der Waals surface area contributed by atoms with Crippen molar-refractivity contribution in [2.24, 2.45) is 5.92 Å². The molecule has 1 unspecified atom stereocenters. The van der Waals surface area contributed by atoms with Gasteiger partial charge in [0.15, 0.2) is 0 Å². The topological polar surface area (TPSA) is 32.3 Å². The van der Waals surface area contributed by atoms with E-state index in [9.17, 15) is 18.0 Å². The Labute approximate surface area is 127 Å². The van der Waals surface area contributed by atoms with Crippen LogP contribution in [0.15, 0.2) is 47.9 Å². The third kappa shape index (κ3) is 3.81. The van der Waals surface area contributed by atoms with Crippen LogP contribution in [-0.4, -0.2) is 30.6 Å². The van der Waals surface area contributed by atoms with E-state index in [-0.39, 0.29) is 12.5 Å². The summed E-state index contributed by atoms with van der Waals surface area (Å²) in [6, 6.07) is 0. The highest BCUT2D eigenvalue weighted by molar-refractivity contribution is 5.80. The monoisotopic (exact) mass is 312 g/mol. The summed E-state index contributed by atoms with van der Waals surface area (Å²) in [6.07, 6.45) is 6.43. The van der Waals surface area contributed by atoms with Gasteiger partial charge in [-0.25, -0.2) is 13.2 Å². The van der Waals surface area contributed by atoms with E-state index in [1.165, 1.54) is 5.57 Å². The molecule has 0 spiro atoms. The molecule has 1 aliphatic carbocycles. The van der Waals surface area contributed by atoms with Gasteiger partial charge in [-0.1, -0.05) is 6.58 Å². The Balaban J connectivity index is 1.93. The van der Waals surface area contributed by atoms with Gasteiger partial charge in [-0.05, 0) is 36.8 Å². The second-order valence-electron chi connectivity index (χ2n) is 5.39. The molecule has 0 aromatic heterocycles. The summed E-state index contributed by atoms with van der Waals surface area (Å²) in [5.74, 6) is -1.81. The molecule has 2 rings (SSSR count). The summed E-state index contributed by atoms with van der Waals surface area (Å²) < 4.78 is 39.3. The van der Waals surface area contributed by atoms with E-state index in [4.69, 9.17) is 0 Å². The molecule has 0 saturated heterocycles. The number of nitrogens with one attached hydrogen (secondary N) is 1. The van der Waals surface area contributed by atoms with Crippen molar-refractivity contribution >= 4 is 5.91 Å². The number of alkyl halides is 1. The van der Waals surface area contributed by atoms with Crippen molar-refractivity contribution in [3.63, 3.8) is 0 Å². The van der Waals surface area contributed by atoms with Crippen LogP contribution in [0.25, 0.3) is 0 Å². The summed E-state index contributed by atoms with van der Waals surface area (Å²) >= 11 is 0. The van der Waals surface area contributed by atoms with Crippen LogP contribution in [0.5, 0.6) is 0 Å². The number of fused-ring (bicyclic) bond motifs is 1. The molecule has 0 radical (unpaired) electrons. The first-order valence-corrected chi connectivity index (χ1v) is 7.23. The lowest BCUT2D eigenvalue weighted by Crippen LogP contribution is -2.35. The summed E-state index contributed by atoms with van der Waals surface area (Å²) in [6.45, 7) is 2.40. The molecule has 1 fully saturated rings. The molecule has 0 aromatic carbocycles. The molecule has 1 amide bonds. The van der Waals surface area contributed by atoms with Crippen molar-refractivity contribution in [1.29, 1.82) is 0 Å². The van der Waals surface area contributed by atoms with Gasteiger partial charge in [-0.15, -0.1) is 0 Å². The van der Waals surface area contributed by atoms with Gasteiger partial charge in [0.25, 0.3) is 0 Å². The predicted molar refractivity (Wildman–Crippen MR) is 78.6 cm³/mol. The number of allylic oxidation sites excluding steroid dienone is 5. The van der Waals surface area contributed by atoms with Gasteiger partial charge < -0.3 is 10.2 Å². The first-order chi connectivity index (χ1) is 10.5. The van der Waals surface area contributed by atoms with Gasteiger partial charge in [0.2, 0.25) is 5.91 Å². The number of halogens is 3. The molecule has 6 heteroatoms. The average Bonchev–Trinajstić information content (AvgIpc) is 3.08. The van der Waals surface area contributed by atoms with Crippen LogP contribution in [0.3, 0.4) is 0 Å². The second-order valence-corrected chi connectivity index (χ2v) is 5.39. The van der Waals surface area contributed by atoms with Crippen molar-refractivity contribution in [2.75, 3.05) is 19.8 Å². The Morgan fingerprint density at radius 3 is 2.91 bits per heavy atom. The second kappa shape index (κ2) is 7.33. The molecule has 0 bridgehead atoms. The van der Waals surface area contributed by atoms with Gasteiger partial charge in [0, 0.05) is 18.8 Å². The van der Waals surface area contributed by atoms with Crippen molar-refractivity contribution in [3.8, 4) is 0 Å². The third-order valence-electron chi connectivity index (χ3n) is 3.94. The number of nitrogens with zero attached hydrogens (tertiary/aromatic N) is 1. The standard InChI is InChI=1S/C16H19F3N2O/c1-2-13(18)6-14(19)15(7-17)20-8-16(22)21-9-11-4-3-5-12(11)10-21/h2,6,9,12,20H,1,3-5,7-8,10H2/b13-6+,15-14-. The van der Waals surface area contributed by atoms with Gasteiger partial charge in [-0.3, -0.25) is 4.79 Å². The lowest BCUT2D eigenvalue weighted by atomic mass is 10.1. The highest BCUT2D eigenvalue weighted by Crippen LogP contribution is 2.36. The van der Waals surface area contributed by atoms with Crippen LogP contribution in [0.4, 0.5) is 13.2 Å². The number of rotatable bonds is 6. The smallest absolute Gasteiger partial charge is 0.245 e. The molecule has 0 aromatic rings. The van der Waals surface area contributed by atoms with Crippen LogP contribution in [0, 0.1) is 5.92 Å². The number of amides is 1. The van der Waals surface area contributed by atoms with Gasteiger partial charge >= 0.3 is 0 Å². The van der Waals surface area contributed by atoms with Crippen LogP contribution in [-0.2, 0) is 4.79 Å². The Bertz CT molecular complexity index is 552. The maximum atomic E-state index is 13.6. The largest absolute Gasteiger partial charge is 0.375 e. The van der Waals surface area contributed by atoms with Gasteiger partial charge in [0.05, 0.1) is 12.2 Å². The van der Waals surface area contributed by atoms with Crippen molar-refractivity contribution in [1.82, 2.24) is 10.2 Å². The minimum Gasteiger partial charge on any atom is -0.375 e. The summed E-state index contributed by atoms with van der Waals surface area (Å²) in [5.41, 5.74) is 0.828. The number of hydrogen-bond donors (Lipinski definition) is 1. The number of hydrogen-bond acceptors (Lipinski definition) is 2. The zero-order valence-corrected chi connectivity index (χ0v) is 12.2. The normalized spacial score (nSPS) is 22.1. The molecule has 22 heavy (non-hydrogen) atoms. The average molecular weight is 312 g/mol. The van der Waals surface area contributed by atoms with Crippen LogP contribution >= 0.6 is 0 Å². The maximum absolute atomic E-state index is 13.6. The Hall–Kier alpha value is -1.98.